The smallest absolute Gasteiger partial charge is 0.322 e. The van der Waals surface area contributed by atoms with Crippen molar-refractivity contribution in [1.29, 1.82) is 0 Å². The molecule has 1 aromatic carbocycles. The number of thiophene rings is 1. The van der Waals surface area contributed by atoms with Crippen LogP contribution in [0.1, 0.15) is 0 Å². The molecule has 0 radical (unpaired) electrons. The van der Waals surface area contributed by atoms with Crippen molar-refractivity contribution in [3.8, 4) is 10.8 Å². The number of carbonyl (C=O) groups is 2. The van der Waals surface area contributed by atoms with E-state index in [4.69, 9.17) is 21.1 Å². The molecule has 2 N–H and O–H groups in total. The Hall–Kier alpha value is -2.10. The van der Waals surface area contributed by atoms with Crippen molar-refractivity contribution in [1.82, 2.24) is 15.5 Å². The number of aliphatic carboxylic acids is 1. The van der Waals surface area contributed by atoms with E-state index < -0.39 is 18.4 Å². The average molecular weight is 384 g/mol. The monoisotopic (exact) mass is 383 g/mol. The van der Waals surface area contributed by atoms with Gasteiger partial charge >= 0.3 is 5.97 Å². The van der Waals surface area contributed by atoms with Crippen LogP contribution in [-0.2, 0) is 9.59 Å². The first-order chi connectivity index (χ1) is 11.5. The second kappa shape index (κ2) is 7.20. The van der Waals surface area contributed by atoms with E-state index in [-0.39, 0.29) is 16.9 Å². The van der Waals surface area contributed by atoms with Gasteiger partial charge in [-0.15, -0.1) is 21.5 Å². The van der Waals surface area contributed by atoms with E-state index in [1.54, 1.807) is 0 Å². The number of nitrogens with zero attached hydrogens (tertiary/aromatic N) is 2. The first-order valence-electron chi connectivity index (χ1n) is 6.67. The fourth-order valence-corrected chi connectivity index (χ4v) is 3.89. The topological polar surface area (TPSA) is 105 Å². The van der Waals surface area contributed by atoms with Crippen LogP contribution >= 0.6 is 34.7 Å². The number of aromatic nitrogens is 2. The summed E-state index contributed by atoms with van der Waals surface area (Å²) in [7, 11) is 0. The van der Waals surface area contributed by atoms with Crippen molar-refractivity contribution in [3.63, 3.8) is 0 Å². The molecule has 0 spiro atoms. The Morgan fingerprint density at radius 1 is 1.33 bits per heavy atom. The molecule has 7 nitrogen and oxygen atoms in total. The van der Waals surface area contributed by atoms with Gasteiger partial charge < -0.3 is 14.8 Å². The quantitative estimate of drug-likeness (QED) is 0.630. The van der Waals surface area contributed by atoms with Crippen LogP contribution in [0.4, 0.5) is 0 Å². The van der Waals surface area contributed by atoms with Gasteiger partial charge in [0, 0.05) is 10.1 Å². The molecule has 0 aliphatic heterocycles. The van der Waals surface area contributed by atoms with Gasteiger partial charge in [-0.2, -0.15) is 0 Å². The Kier molecular flexibility index (Phi) is 5.03. The number of rotatable bonds is 6. The molecule has 0 unspecified atom stereocenters. The van der Waals surface area contributed by atoms with Crippen LogP contribution in [0.3, 0.4) is 0 Å². The Balaban J connectivity index is 1.70. The van der Waals surface area contributed by atoms with Gasteiger partial charge in [0.2, 0.25) is 5.91 Å². The van der Waals surface area contributed by atoms with Crippen molar-refractivity contribution in [2.75, 3.05) is 12.3 Å². The molecule has 24 heavy (non-hydrogen) atoms. The van der Waals surface area contributed by atoms with Crippen LogP contribution in [0, 0.1) is 0 Å². The zero-order valence-electron chi connectivity index (χ0n) is 12.0. The molecule has 3 rings (SSSR count). The average Bonchev–Trinajstić information content (AvgIpc) is 3.16. The number of halogens is 1. The van der Waals surface area contributed by atoms with E-state index in [9.17, 15) is 9.59 Å². The maximum absolute atomic E-state index is 11.5. The van der Waals surface area contributed by atoms with Crippen molar-refractivity contribution in [2.24, 2.45) is 0 Å². The summed E-state index contributed by atoms with van der Waals surface area (Å²) < 4.78 is 6.54. The highest BCUT2D eigenvalue weighted by Gasteiger charge is 2.18. The van der Waals surface area contributed by atoms with Gasteiger partial charge in [-0.1, -0.05) is 41.6 Å². The van der Waals surface area contributed by atoms with Crippen LogP contribution in [0.25, 0.3) is 20.9 Å². The van der Waals surface area contributed by atoms with Crippen molar-refractivity contribution < 1.29 is 19.1 Å². The van der Waals surface area contributed by atoms with Gasteiger partial charge in [-0.05, 0) is 6.07 Å². The molecule has 0 atom stereocenters. The minimum absolute atomic E-state index is 0.0188. The first kappa shape index (κ1) is 16.7. The first-order valence-corrected chi connectivity index (χ1v) is 8.85. The molecular formula is C14H10ClN3O4S2. The fourth-order valence-electron chi connectivity index (χ4n) is 1.86. The largest absolute Gasteiger partial charge is 0.480 e. The molecule has 0 aliphatic rings. The SMILES string of the molecule is O=C(O)CNC(=O)CSc1nnc(-c2sc3ccccc3c2Cl)o1. The third kappa shape index (κ3) is 3.69. The second-order valence-corrected chi connectivity index (χ2v) is 6.93. The molecule has 0 bridgehead atoms. The van der Waals surface area contributed by atoms with Gasteiger partial charge in [0.05, 0.1) is 10.8 Å². The summed E-state index contributed by atoms with van der Waals surface area (Å²) in [6, 6.07) is 7.68. The number of carboxylic acids is 1. The maximum Gasteiger partial charge on any atom is 0.322 e. The van der Waals surface area contributed by atoms with Gasteiger partial charge in [0.15, 0.2) is 0 Å². The van der Waals surface area contributed by atoms with E-state index in [0.29, 0.717) is 9.90 Å². The molecule has 2 aromatic heterocycles. The van der Waals surface area contributed by atoms with Gasteiger partial charge in [-0.25, -0.2) is 0 Å². The predicted octanol–water partition coefficient (Wildman–Crippen LogP) is 2.90. The van der Waals surface area contributed by atoms with E-state index in [1.807, 2.05) is 24.3 Å². The van der Waals surface area contributed by atoms with Crippen LogP contribution in [0.5, 0.6) is 0 Å². The number of benzene rings is 1. The third-order valence-corrected chi connectivity index (χ3v) is 5.38. The molecule has 0 saturated heterocycles. The molecule has 124 valence electrons. The Morgan fingerprint density at radius 3 is 2.88 bits per heavy atom. The maximum atomic E-state index is 11.5. The molecule has 2 heterocycles. The summed E-state index contributed by atoms with van der Waals surface area (Å²) in [5.41, 5.74) is 0. The number of carbonyl (C=O) groups excluding carboxylic acids is 1. The number of hydrogen-bond acceptors (Lipinski definition) is 7. The highest BCUT2D eigenvalue weighted by atomic mass is 35.5. The lowest BCUT2D eigenvalue weighted by Crippen LogP contribution is -2.30. The van der Waals surface area contributed by atoms with Gasteiger partial charge in [0.1, 0.15) is 11.4 Å². The summed E-state index contributed by atoms with van der Waals surface area (Å²) in [4.78, 5) is 22.5. The van der Waals surface area contributed by atoms with Crippen LogP contribution < -0.4 is 5.32 Å². The summed E-state index contributed by atoms with van der Waals surface area (Å²) >= 11 is 8.82. The van der Waals surface area contributed by atoms with Gasteiger partial charge in [0.25, 0.3) is 11.1 Å². The number of nitrogens with one attached hydrogen (secondary N) is 1. The lowest BCUT2D eigenvalue weighted by atomic mass is 10.2. The van der Waals surface area contributed by atoms with Crippen molar-refractivity contribution in [2.45, 2.75) is 5.22 Å². The number of carboxylic acid groups (broad SMARTS) is 1. The Labute approximate surface area is 149 Å². The molecule has 1 amide bonds. The fraction of sp³-hybridized carbons (Fsp3) is 0.143. The number of thioether (sulfide) groups is 1. The normalized spacial score (nSPS) is 10.9. The molecule has 10 heteroatoms. The Morgan fingerprint density at radius 2 is 2.12 bits per heavy atom. The lowest BCUT2D eigenvalue weighted by molar-refractivity contribution is -0.137. The van der Waals surface area contributed by atoms with E-state index >= 15 is 0 Å². The van der Waals surface area contributed by atoms with Crippen LogP contribution in [-0.4, -0.2) is 39.5 Å². The molecular weight excluding hydrogens is 374 g/mol. The summed E-state index contributed by atoms with van der Waals surface area (Å²) in [6.45, 7) is -0.425. The lowest BCUT2D eigenvalue weighted by Gasteiger charge is -1.99. The molecule has 0 saturated carbocycles. The molecule has 3 aromatic rings. The van der Waals surface area contributed by atoms with E-state index in [2.05, 4.69) is 15.5 Å². The minimum Gasteiger partial charge on any atom is -0.480 e. The number of hydrogen-bond donors (Lipinski definition) is 2. The minimum atomic E-state index is -1.10. The molecule has 0 aliphatic carbocycles. The summed E-state index contributed by atoms with van der Waals surface area (Å²) in [5.74, 6) is -1.26. The number of amides is 1. The second-order valence-electron chi connectivity index (χ2n) is 4.57. The van der Waals surface area contributed by atoms with Crippen LogP contribution in [0.2, 0.25) is 5.02 Å². The van der Waals surface area contributed by atoms with Crippen molar-refractivity contribution in [3.05, 3.63) is 29.3 Å². The van der Waals surface area contributed by atoms with E-state index in [0.717, 1.165) is 21.8 Å². The standard InChI is InChI=1S/C14H10ClN3O4S2/c15-11-7-3-1-2-4-8(7)24-12(11)13-17-18-14(22-13)23-6-9(19)16-5-10(20)21/h1-4H,5-6H2,(H,16,19)(H,20,21). The summed E-state index contributed by atoms with van der Waals surface area (Å²) in [5, 5.41) is 20.2. The number of fused-ring (bicyclic) bond motifs is 1. The highest BCUT2D eigenvalue weighted by Crippen LogP contribution is 2.41. The van der Waals surface area contributed by atoms with Crippen LogP contribution in [0.15, 0.2) is 33.9 Å². The van der Waals surface area contributed by atoms with Gasteiger partial charge in [-0.3, -0.25) is 9.59 Å². The molecule has 0 fully saturated rings. The zero-order valence-corrected chi connectivity index (χ0v) is 14.4. The third-order valence-electron chi connectivity index (χ3n) is 2.90. The summed E-state index contributed by atoms with van der Waals surface area (Å²) in [6.07, 6.45) is 0. The Bertz CT molecular complexity index is 908. The highest BCUT2D eigenvalue weighted by molar-refractivity contribution is 7.99. The van der Waals surface area contributed by atoms with Crippen molar-refractivity contribution >= 4 is 56.7 Å². The predicted molar refractivity (Wildman–Crippen MR) is 91.5 cm³/mol. The van der Waals surface area contributed by atoms with E-state index in [1.165, 1.54) is 11.3 Å². The zero-order chi connectivity index (χ0) is 17.1.